The molecule has 21 heavy (non-hydrogen) atoms. The lowest BCUT2D eigenvalue weighted by Gasteiger charge is -2.11. The van der Waals surface area contributed by atoms with E-state index in [1.165, 1.54) is 6.07 Å². The number of carbonyl (C=O) groups is 1. The average Bonchev–Trinajstić information content (AvgIpc) is 2.84. The van der Waals surface area contributed by atoms with Crippen LogP contribution in [0.25, 0.3) is 11.4 Å². The third-order valence-corrected chi connectivity index (χ3v) is 2.76. The van der Waals surface area contributed by atoms with E-state index in [0.29, 0.717) is 5.82 Å². The summed E-state index contributed by atoms with van der Waals surface area (Å²) >= 11 is 5.33. The second-order valence-electron chi connectivity index (χ2n) is 4.22. The largest absolute Gasteiger partial charge is 0.416 e. The van der Waals surface area contributed by atoms with Gasteiger partial charge >= 0.3 is 6.18 Å². The molecule has 0 fully saturated rings. The van der Waals surface area contributed by atoms with E-state index in [-0.39, 0.29) is 23.0 Å². The molecule has 1 heterocycles. The fourth-order valence-corrected chi connectivity index (χ4v) is 1.73. The Morgan fingerprint density at radius 3 is 2.62 bits per heavy atom. The van der Waals surface area contributed by atoms with E-state index in [9.17, 15) is 18.0 Å². The van der Waals surface area contributed by atoms with Gasteiger partial charge in [-0.1, -0.05) is 0 Å². The Labute approximate surface area is 122 Å². The molecule has 1 aromatic heterocycles. The first-order chi connectivity index (χ1) is 9.79. The zero-order valence-corrected chi connectivity index (χ0v) is 11.5. The summed E-state index contributed by atoms with van der Waals surface area (Å²) in [7, 11) is 0. The van der Waals surface area contributed by atoms with Crippen molar-refractivity contribution in [3.8, 4) is 11.4 Å². The van der Waals surface area contributed by atoms with Crippen molar-refractivity contribution in [2.75, 3.05) is 11.2 Å². The van der Waals surface area contributed by atoms with Gasteiger partial charge < -0.3 is 5.32 Å². The fourth-order valence-electron chi connectivity index (χ4n) is 1.66. The van der Waals surface area contributed by atoms with Crippen molar-refractivity contribution >= 4 is 23.2 Å². The molecule has 0 aliphatic rings. The van der Waals surface area contributed by atoms with Crippen LogP contribution < -0.4 is 5.32 Å². The number of H-pyrrole nitrogens is 1. The fraction of sp³-hybridized carbons (Fsp3) is 0.250. The van der Waals surface area contributed by atoms with Gasteiger partial charge in [-0.3, -0.25) is 9.89 Å². The molecule has 0 aliphatic carbocycles. The Morgan fingerprint density at radius 2 is 2.10 bits per heavy atom. The Balaban J connectivity index is 2.49. The third-order valence-electron chi connectivity index (χ3n) is 2.52. The van der Waals surface area contributed by atoms with Crippen molar-refractivity contribution < 1.29 is 18.0 Å². The number of hydrogen-bond donors (Lipinski definition) is 2. The predicted octanol–water partition coefficient (Wildman–Crippen LogP) is 2.98. The molecule has 2 N–H and O–H groups in total. The number of aromatic amines is 1. The second-order valence-corrected chi connectivity index (χ2v) is 4.49. The van der Waals surface area contributed by atoms with Crippen LogP contribution in [-0.4, -0.2) is 27.0 Å². The lowest BCUT2D eigenvalue weighted by molar-refractivity contribution is -0.137. The maximum atomic E-state index is 12.9. The summed E-state index contributed by atoms with van der Waals surface area (Å²) in [5.74, 6) is -0.382. The molecule has 112 valence electrons. The van der Waals surface area contributed by atoms with Crippen LogP contribution >= 0.6 is 11.6 Å². The lowest BCUT2D eigenvalue weighted by atomic mass is 10.1. The summed E-state index contributed by atoms with van der Waals surface area (Å²) in [4.78, 5) is 15.2. The molecule has 1 amide bonds. The number of nitrogens with zero attached hydrogens (tertiary/aromatic N) is 2. The molecule has 0 saturated heterocycles. The standard InChI is InChI=1S/C12H10ClF3N4O/c1-6-17-11(20-19-6)7-2-8(12(14,15)16)4-9(3-7)18-10(21)5-13/h2-4H,5H2,1H3,(H,18,21)(H,17,19,20). The summed E-state index contributed by atoms with van der Waals surface area (Å²) < 4.78 is 38.7. The molecule has 0 radical (unpaired) electrons. The average molecular weight is 319 g/mol. The number of benzene rings is 1. The van der Waals surface area contributed by atoms with Gasteiger partial charge in [0, 0.05) is 11.3 Å². The Hall–Kier alpha value is -2.09. The summed E-state index contributed by atoms with van der Waals surface area (Å²) in [6.07, 6.45) is -4.55. The van der Waals surface area contributed by atoms with Crippen molar-refractivity contribution in [1.29, 1.82) is 0 Å². The van der Waals surface area contributed by atoms with Crippen LogP contribution in [0.2, 0.25) is 0 Å². The van der Waals surface area contributed by atoms with Crippen LogP contribution in [0.15, 0.2) is 18.2 Å². The zero-order chi connectivity index (χ0) is 15.6. The van der Waals surface area contributed by atoms with Crippen molar-refractivity contribution in [3.05, 3.63) is 29.6 Å². The van der Waals surface area contributed by atoms with E-state index in [1.807, 2.05) is 0 Å². The number of halogens is 4. The number of alkyl halides is 4. The summed E-state index contributed by atoms with van der Waals surface area (Å²) in [5, 5.41) is 8.64. The van der Waals surface area contributed by atoms with E-state index in [2.05, 4.69) is 20.5 Å². The molecule has 0 bridgehead atoms. The Kier molecular flexibility index (Phi) is 4.17. The van der Waals surface area contributed by atoms with Gasteiger partial charge in [-0.05, 0) is 25.1 Å². The van der Waals surface area contributed by atoms with Gasteiger partial charge in [-0.2, -0.15) is 18.3 Å². The third kappa shape index (κ3) is 3.72. The van der Waals surface area contributed by atoms with Crippen LogP contribution in [0.5, 0.6) is 0 Å². The summed E-state index contributed by atoms with van der Waals surface area (Å²) in [5.41, 5.74) is -0.792. The van der Waals surface area contributed by atoms with Crippen molar-refractivity contribution in [2.24, 2.45) is 0 Å². The first kappa shape index (κ1) is 15.3. The minimum Gasteiger partial charge on any atom is -0.325 e. The highest BCUT2D eigenvalue weighted by molar-refractivity contribution is 6.29. The second kappa shape index (κ2) is 5.72. The van der Waals surface area contributed by atoms with E-state index in [1.54, 1.807) is 6.92 Å². The Bertz CT molecular complexity index is 669. The molecule has 0 aliphatic heterocycles. The van der Waals surface area contributed by atoms with Gasteiger partial charge in [-0.25, -0.2) is 4.98 Å². The van der Waals surface area contributed by atoms with Crippen LogP contribution in [0.1, 0.15) is 11.4 Å². The number of anilines is 1. The molecular weight excluding hydrogens is 309 g/mol. The highest BCUT2D eigenvalue weighted by atomic mass is 35.5. The number of nitrogens with one attached hydrogen (secondary N) is 2. The van der Waals surface area contributed by atoms with Crippen molar-refractivity contribution in [2.45, 2.75) is 13.1 Å². The SMILES string of the molecule is Cc1nc(-c2cc(NC(=O)CCl)cc(C(F)(F)F)c2)n[nH]1. The van der Waals surface area contributed by atoms with Gasteiger partial charge in [0.15, 0.2) is 5.82 Å². The number of carbonyl (C=O) groups excluding carboxylic acids is 1. The van der Waals surface area contributed by atoms with E-state index in [0.717, 1.165) is 12.1 Å². The predicted molar refractivity (Wildman–Crippen MR) is 70.9 cm³/mol. The minimum atomic E-state index is -4.55. The molecule has 2 aromatic rings. The van der Waals surface area contributed by atoms with Gasteiger partial charge in [0.05, 0.1) is 5.56 Å². The van der Waals surface area contributed by atoms with Gasteiger partial charge in [0.25, 0.3) is 0 Å². The van der Waals surface area contributed by atoms with Crippen LogP contribution in [0, 0.1) is 6.92 Å². The lowest BCUT2D eigenvalue weighted by Crippen LogP contribution is -2.14. The number of amides is 1. The maximum Gasteiger partial charge on any atom is 0.416 e. The monoisotopic (exact) mass is 318 g/mol. The number of hydrogen-bond acceptors (Lipinski definition) is 3. The first-order valence-corrected chi connectivity index (χ1v) is 6.30. The quantitative estimate of drug-likeness (QED) is 0.855. The van der Waals surface area contributed by atoms with E-state index < -0.39 is 17.6 Å². The molecule has 0 spiro atoms. The Morgan fingerprint density at radius 1 is 1.38 bits per heavy atom. The molecular formula is C12H10ClF3N4O. The van der Waals surface area contributed by atoms with Crippen LogP contribution in [-0.2, 0) is 11.0 Å². The molecule has 9 heteroatoms. The molecule has 5 nitrogen and oxygen atoms in total. The van der Waals surface area contributed by atoms with Crippen molar-refractivity contribution in [3.63, 3.8) is 0 Å². The normalized spacial score (nSPS) is 11.5. The molecule has 2 rings (SSSR count). The summed E-state index contributed by atoms with van der Waals surface area (Å²) in [6.45, 7) is 1.63. The highest BCUT2D eigenvalue weighted by Gasteiger charge is 2.31. The molecule has 0 saturated carbocycles. The van der Waals surface area contributed by atoms with Crippen LogP contribution in [0.4, 0.5) is 18.9 Å². The molecule has 0 unspecified atom stereocenters. The van der Waals surface area contributed by atoms with Crippen LogP contribution in [0.3, 0.4) is 0 Å². The molecule has 0 atom stereocenters. The number of aryl methyl sites for hydroxylation is 1. The topological polar surface area (TPSA) is 70.7 Å². The number of aromatic nitrogens is 3. The zero-order valence-electron chi connectivity index (χ0n) is 10.8. The van der Waals surface area contributed by atoms with Crippen molar-refractivity contribution in [1.82, 2.24) is 15.2 Å². The van der Waals surface area contributed by atoms with Gasteiger partial charge in [0.2, 0.25) is 5.91 Å². The number of rotatable bonds is 3. The summed E-state index contributed by atoms with van der Waals surface area (Å²) in [6, 6.07) is 3.09. The highest BCUT2D eigenvalue weighted by Crippen LogP contribution is 2.34. The maximum absolute atomic E-state index is 12.9. The molecule has 1 aromatic carbocycles. The first-order valence-electron chi connectivity index (χ1n) is 5.77. The smallest absolute Gasteiger partial charge is 0.325 e. The van der Waals surface area contributed by atoms with E-state index >= 15 is 0 Å². The van der Waals surface area contributed by atoms with E-state index in [4.69, 9.17) is 11.6 Å². The van der Waals surface area contributed by atoms with Gasteiger partial charge in [0.1, 0.15) is 11.7 Å². The minimum absolute atomic E-state index is 0.0204. The van der Waals surface area contributed by atoms with Gasteiger partial charge in [-0.15, -0.1) is 11.6 Å².